The molecule has 1 amide bonds. The van der Waals surface area contributed by atoms with Crippen molar-refractivity contribution in [3.8, 4) is 5.75 Å². The van der Waals surface area contributed by atoms with Crippen LogP contribution in [-0.2, 0) is 24.2 Å². The summed E-state index contributed by atoms with van der Waals surface area (Å²) >= 11 is 0. The topological polar surface area (TPSA) is 58.8 Å². The van der Waals surface area contributed by atoms with Crippen molar-refractivity contribution in [1.82, 2.24) is 9.80 Å². The second-order valence-electron chi connectivity index (χ2n) is 8.64. The van der Waals surface area contributed by atoms with Crippen molar-refractivity contribution in [3.05, 3.63) is 28.8 Å². The zero-order valence-electron chi connectivity index (χ0n) is 16.8. The zero-order valence-corrected chi connectivity index (χ0v) is 16.8. The molecule has 5 nitrogen and oxygen atoms in total. The number of hydrogen-bond donors (Lipinski definition) is 1. The van der Waals surface area contributed by atoms with Crippen LogP contribution < -0.4 is 10.5 Å². The number of hydrogen-bond acceptors (Lipinski definition) is 4. The van der Waals surface area contributed by atoms with Crippen LogP contribution in [0.3, 0.4) is 0 Å². The predicted molar refractivity (Wildman–Crippen MR) is 107 cm³/mol. The standard InChI is InChI=1S/C22H33N3O2/c1-3-27-19-13-17-7-4-6-16(17)12-18(19)14-25-10-5-8-22(21(23)26)9-11-24(2)15-20(22)25/h12-13,20H,3-11,14-15H2,1-2H3,(H2,23,26)/t20-,22+/m0/s1. The van der Waals surface area contributed by atoms with E-state index in [2.05, 4.69) is 29.0 Å². The lowest BCUT2D eigenvalue weighted by atomic mass is 9.68. The first kappa shape index (κ1) is 18.8. The number of aryl methyl sites for hydroxylation is 2. The molecule has 3 aliphatic rings. The van der Waals surface area contributed by atoms with Crippen LogP contribution in [-0.4, -0.2) is 55.0 Å². The van der Waals surface area contributed by atoms with E-state index in [1.807, 2.05) is 6.92 Å². The first-order valence-corrected chi connectivity index (χ1v) is 10.5. The number of amides is 1. The van der Waals surface area contributed by atoms with E-state index < -0.39 is 0 Å². The van der Waals surface area contributed by atoms with Gasteiger partial charge in [0.1, 0.15) is 5.75 Å². The Morgan fingerprint density at radius 1 is 1.22 bits per heavy atom. The smallest absolute Gasteiger partial charge is 0.225 e. The highest BCUT2D eigenvalue weighted by molar-refractivity contribution is 5.82. The Hall–Kier alpha value is -1.59. The number of benzene rings is 1. The quantitative estimate of drug-likeness (QED) is 0.863. The summed E-state index contributed by atoms with van der Waals surface area (Å²) in [7, 11) is 2.15. The summed E-state index contributed by atoms with van der Waals surface area (Å²) in [5.41, 5.74) is 9.79. The molecular formula is C22H33N3O2. The van der Waals surface area contributed by atoms with Gasteiger partial charge in [0.15, 0.2) is 0 Å². The number of likely N-dealkylation sites (tertiary alicyclic amines) is 2. The average Bonchev–Trinajstić information content (AvgIpc) is 3.10. The summed E-state index contributed by atoms with van der Waals surface area (Å²) in [6.45, 7) is 6.47. The molecule has 0 bridgehead atoms. The molecule has 4 rings (SSSR count). The molecule has 1 aliphatic carbocycles. The third-order valence-electron chi connectivity index (χ3n) is 7.01. The maximum atomic E-state index is 12.5. The molecule has 2 saturated heterocycles. The summed E-state index contributed by atoms with van der Waals surface area (Å²) in [5.74, 6) is 0.918. The summed E-state index contributed by atoms with van der Waals surface area (Å²) in [6.07, 6.45) is 6.43. The molecule has 0 spiro atoms. The Morgan fingerprint density at radius 3 is 2.74 bits per heavy atom. The Bertz CT molecular complexity index is 720. The van der Waals surface area contributed by atoms with Gasteiger partial charge in [0.25, 0.3) is 0 Å². The van der Waals surface area contributed by atoms with Crippen LogP contribution in [0.25, 0.3) is 0 Å². The molecule has 0 saturated carbocycles. The maximum absolute atomic E-state index is 12.5. The van der Waals surface area contributed by atoms with E-state index >= 15 is 0 Å². The first-order chi connectivity index (χ1) is 13.0. The Labute approximate surface area is 162 Å². The monoisotopic (exact) mass is 371 g/mol. The molecule has 1 aromatic rings. The van der Waals surface area contributed by atoms with Crippen molar-refractivity contribution < 1.29 is 9.53 Å². The van der Waals surface area contributed by atoms with E-state index in [9.17, 15) is 4.79 Å². The number of carbonyl (C=O) groups excluding carboxylic acids is 1. The minimum Gasteiger partial charge on any atom is -0.494 e. The van der Waals surface area contributed by atoms with Crippen molar-refractivity contribution >= 4 is 5.91 Å². The fourth-order valence-corrected chi connectivity index (χ4v) is 5.51. The van der Waals surface area contributed by atoms with E-state index in [0.717, 1.165) is 57.6 Å². The SMILES string of the molecule is CCOc1cc2c(cc1CN1CCC[C@@]3(C(N)=O)CCN(C)C[C@H]13)CCC2. The maximum Gasteiger partial charge on any atom is 0.225 e. The van der Waals surface area contributed by atoms with Crippen LogP contribution in [0.4, 0.5) is 0 Å². The molecular weight excluding hydrogens is 338 g/mol. The van der Waals surface area contributed by atoms with Gasteiger partial charge in [-0.1, -0.05) is 6.07 Å². The van der Waals surface area contributed by atoms with Crippen molar-refractivity contribution in [1.29, 1.82) is 0 Å². The van der Waals surface area contributed by atoms with Crippen molar-refractivity contribution in [2.75, 3.05) is 33.3 Å². The second-order valence-corrected chi connectivity index (χ2v) is 8.64. The molecule has 2 heterocycles. The highest BCUT2D eigenvalue weighted by Gasteiger charge is 2.51. The number of primary amides is 1. The zero-order chi connectivity index (χ0) is 19.0. The van der Waals surface area contributed by atoms with E-state index in [0.29, 0.717) is 6.61 Å². The molecule has 1 aromatic carbocycles. The molecule has 2 fully saturated rings. The predicted octanol–water partition coefficient (Wildman–Crippen LogP) is 2.35. The van der Waals surface area contributed by atoms with E-state index in [-0.39, 0.29) is 17.4 Å². The number of likely N-dealkylation sites (N-methyl/N-ethyl adjacent to an activating group) is 1. The number of ether oxygens (including phenoxy) is 1. The number of piperidine rings is 2. The molecule has 2 atom stereocenters. The Morgan fingerprint density at radius 2 is 2.00 bits per heavy atom. The van der Waals surface area contributed by atoms with Gasteiger partial charge >= 0.3 is 0 Å². The summed E-state index contributed by atoms with van der Waals surface area (Å²) < 4.78 is 6.00. The number of rotatable bonds is 5. The van der Waals surface area contributed by atoms with Gasteiger partial charge in [-0.2, -0.15) is 0 Å². The fourth-order valence-electron chi connectivity index (χ4n) is 5.51. The van der Waals surface area contributed by atoms with Gasteiger partial charge in [-0.05, 0) is 82.8 Å². The minimum absolute atomic E-state index is 0.107. The fraction of sp³-hybridized carbons (Fsp3) is 0.682. The van der Waals surface area contributed by atoms with Crippen LogP contribution in [0.15, 0.2) is 12.1 Å². The minimum atomic E-state index is -0.368. The Balaban J connectivity index is 1.64. The van der Waals surface area contributed by atoms with Crippen LogP contribution in [0.5, 0.6) is 5.75 Å². The second kappa shape index (κ2) is 7.44. The molecule has 0 unspecified atom stereocenters. The molecule has 148 valence electrons. The van der Waals surface area contributed by atoms with Crippen molar-refractivity contribution in [2.45, 2.75) is 58.0 Å². The molecule has 2 N–H and O–H groups in total. The lowest BCUT2D eigenvalue weighted by molar-refractivity contribution is -0.141. The molecule has 2 aliphatic heterocycles. The number of fused-ring (bicyclic) bond motifs is 2. The van der Waals surface area contributed by atoms with Crippen LogP contribution in [0.1, 0.15) is 49.3 Å². The van der Waals surface area contributed by atoms with Gasteiger partial charge in [0.2, 0.25) is 5.91 Å². The largest absolute Gasteiger partial charge is 0.494 e. The van der Waals surface area contributed by atoms with Crippen molar-refractivity contribution in [3.63, 3.8) is 0 Å². The van der Waals surface area contributed by atoms with Crippen LogP contribution >= 0.6 is 0 Å². The van der Waals surface area contributed by atoms with E-state index in [1.54, 1.807) is 0 Å². The molecule has 0 radical (unpaired) electrons. The van der Waals surface area contributed by atoms with Gasteiger partial charge in [0.05, 0.1) is 12.0 Å². The number of carbonyl (C=O) groups is 1. The van der Waals surface area contributed by atoms with Gasteiger partial charge in [-0.3, -0.25) is 9.69 Å². The third kappa shape index (κ3) is 3.36. The normalized spacial score (nSPS) is 28.6. The van der Waals surface area contributed by atoms with E-state index in [1.165, 1.54) is 29.5 Å². The molecule has 0 aromatic heterocycles. The van der Waals surface area contributed by atoms with Crippen molar-refractivity contribution in [2.24, 2.45) is 11.1 Å². The first-order valence-electron chi connectivity index (χ1n) is 10.5. The number of nitrogens with zero attached hydrogens (tertiary/aromatic N) is 2. The highest BCUT2D eigenvalue weighted by Crippen LogP contribution is 2.43. The van der Waals surface area contributed by atoms with Crippen LogP contribution in [0.2, 0.25) is 0 Å². The molecule has 5 heteroatoms. The highest BCUT2D eigenvalue weighted by atomic mass is 16.5. The van der Waals surface area contributed by atoms with Gasteiger partial charge < -0.3 is 15.4 Å². The van der Waals surface area contributed by atoms with Gasteiger partial charge in [0, 0.05) is 24.7 Å². The summed E-state index contributed by atoms with van der Waals surface area (Å²) in [4.78, 5) is 17.3. The van der Waals surface area contributed by atoms with Gasteiger partial charge in [-0.15, -0.1) is 0 Å². The molecule has 27 heavy (non-hydrogen) atoms. The lowest BCUT2D eigenvalue weighted by Gasteiger charge is -2.53. The van der Waals surface area contributed by atoms with Crippen LogP contribution in [0, 0.1) is 5.41 Å². The van der Waals surface area contributed by atoms with E-state index in [4.69, 9.17) is 10.5 Å². The lowest BCUT2D eigenvalue weighted by Crippen LogP contribution is -2.64. The Kier molecular flexibility index (Phi) is 5.17. The summed E-state index contributed by atoms with van der Waals surface area (Å²) in [6, 6.07) is 4.82. The van der Waals surface area contributed by atoms with Gasteiger partial charge in [-0.25, -0.2) is 0 Å². The number of nitrogens with two attached hydrogens (primary N) is 1. The summed E-state index contributed by atoms with van der Waals surface area (Å²) in [5, 5.41) is 0. The third-order valence-corrected chi connectivity index (χ3v) is 7.01. The average molecular weight is 372 g/mol.